The summed E-state index contributed by atoms with van der Waals surface area (Å²) in [5.41, 5.74) is 2.11. The van der Waals surface area contributed by atoms with Crippen molar-refractivity contribution in [3.05, 3.63) is 36.0 Å². The van der Waals surface area contributed by atoms with Crippen LogP contribution in [-0.2, 0) is 0 Å². The van der Waals surface area contributed by atoms with Gasteiger partial charge < -0.3 is 15.0 Å². The van der Waals surface area contributed by atoms with Gasteiger partial charge in [-0.05, 0) is 19.9 Å². The van der Waals surface area contributed by atoms with Crippen LogP contribution in [0.2, 0.25) is 0 Å². The molecule has 0 bridgehead atoms. The van der Waals surface area contributed by atoms with Gasteiger partial charge in [0.05, 0.1) is 13.1 Å². The Morgan fingerprint density at radius 1 is 1.24 bits per heavy atom. The average molecular weight is 233 g/mol. The van der Waals surface area contributed by atoms with E-state index in [1.54, 1.807) is 0 Å². The highest BCUT2D eigenvalue weighted by Gasteiger charge is 2.17. The molecule has 0 fully saturated rings. The van der Waals surface area contributed by atoms with E-state index in [9.17, 15) is 5.11 Å². The Labute approximate surface area is 102 Å². The molecule has 1 aromatic heterocycles. The van der Waals surface area contributed by atoms with Crippen LogP contribution in [0.25, 0.3) is 10.9 Å². The topological polar surface area (TPSA) is 40.5 Å². The van der Waals surface area contributed by atoms with Crippen LogP contribution in [-0.4, -0.2) is 29.7 Å². The number of benzene rings is 1. The number of H-pyrrole nitrogens is 1. The second-order valence-electron chi connectivity index (χ2n) is 4.47. The molecule has 1 aromatic carbocycles. The molecule has 0 saturated carbocycles. The highest BCUT2D eigenvalue weighted by atomic mass is 16.3. The van der Waals surface area contributed by atoms with Gasteiger partial charge in [-0.1, -0.05) is 18.2 Å². The van der Waals surface area contributed by atoms with Gasteiger partial charge in [0.2, 0.25) is 0 Å². The van der Waals surface area contributed by atoms with Crippen LogP contribution >= 0.6 is 0 Å². The smallest absolute Gasteiger partial charge is 0.130 e. The van der Waals surface area contributed by atoms with Crippen LogP contribution < -0.4 is 4.90 Å². The predicted octanol–water partition coefficient (Wildman–Crippen LogP) is 1.13. The van der Waals surface area contributed by atoms with E-state index in [4.69, 9.17) is 0 Å². The molecule has 3 heteroatoms. The number of hydrogen-bond donors (Lipinski definition) is 3. The van der Waals surface area contributed by atoms with Crippen molar-refractivity contribution in [1.82, 2.24) is 4.98 Å². The van der Waals surface area contributed by atoms with E-state index >= 15 is 0 Å². The molecule has 0 aliphatic carbocycles. The summed E-state index contributed by atoms with van der Waals surface area (Å²) in [5, 5.41) is 11.4. The lowest BCUT2D eigenvalue weighted by Gasteiger charge is -2.19. The molecule has 17 heavy (non-hydrogen) atoms. The Balaban J connectivity index is 2.21. The maximum atomic E-state index is 10.3. The molecule has 0 saturated heterocycles. The number of aliphatic hydroxyl groups excluding tert-OH is 1. The number of aromatic nitrogens is 1. The number of nitrogens with one attached hydrogen (secondary N) is 2. The molecule has 1 heterocycles. The minimum atomic E-state index is -0.388. The third-order valence-electron chi connectivity index (χ3n) is 3.46. The molecule has 92 valence electrons. The maximum absolute atomic E-state index is 10.3. The fraction of sp³-hybridized carbons (Fsp3) is 0.429. The van der Waals surface area contributed by atoms with E-state index in [0.717, 1.165) is 36.1 Å². The molecule has 0 spiro atoms. The zero-order valence-electron chi connectivity index (χ0n) is 10.5. The van der Waals surface area contributed by atoms with E-state index < -0.39 is 0 Å². The fourth-order valence-electron chi connectivity index (χ4n) is 2.29. The lowest BCUT2D eigenvalue weighted by atomic mass is 10.1. The number of likely N-dealkylation sites (N-methyl/N-ethyl adjacent to an activating group) is 1. The Kier molecular flexibility index (Phi) is 3.82. The van der Waals surface area contributed by atoms with Crippen molar-refractivity contribution in [2.45, 2.75) is 20.0 Å². The summed E-state index contributed by atoms with van der Waals surface area (Å²) in [6.07, 6.45) is 1.54. The van der Waals surface area contributed by atoms with Crippen molar-refractivity contribution < 1.29 is 10.0 Å². The first-order chi connectivity index (χ1) is 8.26. The summed E-state index contributed by atoms with van der Waals surface area (Å²) in [6.45, 7) is 7.18. The van der Waals surface area contributed by atoms with Crippen molar-refractivity contribution in [2.24, 2.45) is 0 Å². The summed E-state index contributed by atoms with van der Waals surface area (Å²) in [5.74, 6) is 0. The second kappa shape index (κ2) is 5.34. The van der Waals surface area contributed by atoms with Crippen LogP contribution in [0.4, 0.5) is 0 Å². The van der Waals surface area contributed by atoms with E-state index in [1.807, 2.05) is 24.4 Å². The van der Waals surface area contributed by atoms with Gasteiger partial charge in [-0.25, -0.2) is 0 Å². The third-order valence-corrected chi connectivity index (χ3v) is 3.46. The lowest BCUT2D eigenvalue weighted by Crippen LogP contribution is -3.11. The first-order valence-corrected chi connectivity index (χ1v) is 6.33. The molecule has 1 atom stereocenters. The molecule has 0 amide bonds. The Morgan fingerprint density at radius 2 is 1.94 bits per heavy atom. The van der Waals surface area contributed by atoms with Crippen molar-refractivity contribution in [3.63, 3.8) is 0 Å². The number of hydrogen-bond acceptors (Lipinski definition) is 1. The molecule has 2 aromatic rings. The summed E-state index contributed by atoms with van der Waals surface area (Å²) in [7, 11) is 0. The van der Waals surface area contributed by atoms with Gasteiger partial charge in [0.25, 0.3) is 0 Å². The van der Waals surface area contributed by atoms with E-state index in [1.165, 1.54) is 4.90 Å². The van der Waals surface area contributed by atoms with Gasteiger partial charge in [0.15, 0.2) is 0 Å². The largest absolute Gasteiger partial charge is 0.382 e. The Bertz CT molecular complexity index is 474. The lowest BCUT2D eigenvalue weighted by molar-refractivity contribution is -0.900. The highest BCUT2D eigenvalue weighted by molar-refractivity contribution is 5.83. The molecule has 3 nitrogen and oxygen atoms in total. The first kappa shape index (κ1) is 12.1. The van der Waals surface area contributed by atoms with Gasteiger partial charge in [-0.15, -0.1) is 0 Å². The minimum Gasteiger partial charge on any atom is -0.382 e. The minimum absolute atomic E-state index is 0.388. The van der Waals surface area contributed by atoms with Gasteiger partial charge in [-0.3, -0.25) is 0 Å². The highest BCUT2D eigenvalue weighted by Crippen LogP contribution is 2.22. The quantitative estimate of drug-likeness (QED) is 0.712. The molecule has 0 aliphatic heterocycles. The van der Waals surface area contributed by atoms with E-state index in [-0.39, 0.29) is 6.10 Å². The summed E-state index contributed by atoms with van der Waals surface area (Å²) in [4.78, 5) is 4.63. The number of aliphatic hydroxyl groups is 1. The van der Waals surface area contributed by atoms with Crippen LogP contribution in [0.5, 0.6) is 0 Å². The van der Waals surface area contributed by atoms with Gasteiger partial charge in [-0.2, -0.15) is 0 Å². The van der Waals surface area contributed by atoms with Crippen LogP contribution in [0.1, 0.15) is 25.5 Å². The number of fused-ring (bicyclic) bond motifs is 1. The standard InChI is InChI=1S/C14H20N2O/c1-3-16(4-2)10-14(17)12-9-15-13-8-6-5-7-11(12)13/h5-9,14-15,17H,3-4,10H2,1-2H3/p+1/t14-/m0/s1. The molecule has 0 aliphatic rings. The SMILES string of the molecule is CC[NH+](CC)C[C@H](O)c1c[nH]c2ccccc12. The second-order valence-corrected chi connectivity index (χ2v) is 4.47. The Hall–Kier alpha value is -1.32. The molecular weight excluding hydrogens is 212 g/mol. The van der Waals surface area contributed by atoms with E-state index in [0.29, 0.717) is 0 Å². The fourth-order valence-corrected chi connectivity index (χ4v) is 2.29. The van der Waals surface area contributed by atoms with Crippen molar-refractivity contribution in [3.8, 4) is 0 Å². The normalized spacial score (nSPS) is 13.4. The zero-order valence-corrected chi connectivity index (χ0v) is 10.5. The Morgan fingerprint density at radius 3 is 2.65 bits per heavy atom. The average Bonchev–Trinajstić information content (AvgIpc) is 2.79. The van der Waals surface area contributed by atoms with Crippen LogP contribution in [0, 0.1) is 0 Å². The molecule has 0 unspecified atom stereocenters. The number of aromatic amines is 1. The number of para-hydroxylation sites is 1. The predicted molar refractivity (Wildman–Crippen MR) is 70.2 cm³/mol. The number of quaternary nitrogens is 1. The van der Waals surface area contributed by atoms with E-state index in [2.05, 4.69) is 24.9 Å². The molecule has 3 N–H and O–H groups in total. The van der Waals surface area contributed by atoms with Crippen molar-refractivity contribution in [2.75, 3.05) is 19.6 Å². The first-order valence-electron chi connectivity index (χ1n) is 6.33. The monoisotopic (exact) mass is 233 g/mol. The van der Waals surface area contributed by atoms with Crippen LogP contribution in [0.15, 0.2) is 30.5 Å². The summed E-state index contributed by atoms with van der Waals surface area (Å²) < 4.78 is 0. The zero-order chi connectivity index (χ0) is 12.3. The van der Waals surface area contributed by atoms with Gasteiger partial charge in [0, 0.05) is 22.7 Å². The van der Waals surface area contributed by atoms with Crippen molar-refractivity contribution >= 4 is 10.9 Å². The molecular formula is C14H21N2O+. The third kappa shape index (κ3) is 2.51. The molecule has 0 radical (unpaired) electrons. The molecule has 2 rings (SSSR count). The number of rotatable bonds is 5. The van der Waals surface area contributed by atoms with Gasteiger partial charge >= 0.3 is 0 Å². The van der Waals surface area contributed by atoms with Gasteiger partial charge in [0.1, 0.15) is 12.6 Å². The van der Waals surface area contributed by atoms with Crippen LogP contribution in [0.3, 0.4) is 0 Å². The maximum Gasteiger partial charge on any atom is 0.130 e. The summed E-state index contributed by atoms with van der Waals surface area (Å²) >= 11 is 0. The summed E-state index contributed by atoms with van der Waals surface area (Å²) in [6, 6.07) is 8.11. The van der Waals surface area contributed by atoms with Crippen molar-refractivity contribution in [1.29, 1.82) is 0 Å².